The summed E-state index contributed by atoms with van der Waals surface area (Å²) in [5.41, 5.74) is 0. The first-order valence-electron chi connectivity index (χ1n) is 4.44. The second-order valence-corrected chi connectivity index (χ2v) is 6.69. The third kappa shape index (κ3) is 2.38. The molecule has 0 heterocycles. The lowest BCUT2D eigenvalue weighted by atomic mass is 10.0. The lowest BCUT2D eigenvalue weighted by Crippen LogP contribution is -2.04. The van der Waals surface area contributed by atoms with Crippen molar-refractivity contribution in [2.24, 2.45) is 5.92 Å². The van der Waals surface area contributed by atoms with Gasteiger partial charge in [-0.15, -0.1) is 4.05 Å². The van der Waals surface area contributed by atoms with E-state index in [1.165, 1.54) is 32.1 Å². The van der Waals surface area contributed by atoms with Gasteiger partial charge >= 0.3 is 18.2 Å². The van der Waals surface area contributed by atoms with Crippen LogP contribution in [0, 0.1) is 5.92 Å². The number of hydrogen-bond donors (Lipinski definition) is 0. The first-order chi connectivity index (χ1) is 4.88. The molecule has 0 radical (unpaired) electrons. The molecule has 1 aliphatic rings. The summed E-state index contributed by atoms with van der Waals surface area (Å²) < 4.78 is 1.14. The Morgan fingerprint density at radius 1 is 1.50 bits per heavy atom. The average molecular weight is 215 g/mol. The van der Waals surface area contributed by atoms with Gasteiger partial charge in [0.05, 0.1) is 0 Å². The first kappa shape index (κ1) is 9.34. The van der Waals surface area contributed by atoms with Gasteiger partial charge in [0.1, 0.15) is 0 Å². The Morgan fingerprint density at radius 2 is 2.30 bits per heavy atom. The highest BCUT2D eigenvalue weighted by atomic mass is 79.9. The Hall–Kier alpha value is 1.25. The normalized spacial score (nSPS) is 32.2. The third-order valence-electron chi connectivity index (χ3n) is 2.67. The van der Waals surface area contributed by atoms with Crippen LogP contribution in [0.3, 0.4) is 0 Å². The smallest absolute Gasteiger partial charge is 0.306 e. The molecule has 0 spiro atoms. The minimum absolute atomic E-state index is 0.135. The topological polar surface area (TPSA) is 0 Å². The Kier molecular flexibility index (Phi) is 4.66. The van der Waals surface area contributed by atoms with E-state index in [0.717, 1.165) is 9.97 Å². The Balaban J connectivity index is 2.27. The van der Waals surface area contributed by atoms with Gasteiger partial charge in [0.2, 0.25) is 0 Å². The third-order valence-corrected chi connectivity index (χ3v) is 6.64. The molecular weight excluding hydrogens is 200 g/mol. The number of hydrogen-bond acceptors (Lipinski definition) is 0. The van der Waals surface area contributed by atoms with Crippen molar-refractivity contribution in [1.82, 2.24) is 0 Å². The fraction of sp³-hybridized carbons (Fsp3) is 1.00. The maximum atomic E-state index is 3.73. The fourth-order valence-electron chi connectivity index (χ4n) is 2.07. The highest BCUT2D eigenvalue weighted by Gasteiger charge is 2.25. The Morgan fingerprint density at radius 3 is 2.90 bits per heavy atom. The van der Waals surface area contributed by atoms with Crippen molar-refractivity contribution in [1.29, 1.82) is 0 Å². The molecule has 10 heavy (non-hydrogen) atoms. The molecule has 0 N–H and O–H groups in total. The molecule has 1 rings (SSSR count). The van der Waals surface area contributed by atoms with Gasteiger partial charge < -0.3 is 12.9 Å². The van der Waals surface area contributed by atoms with Crippen LogP contribution in [0.2, 0.25) is 4.05 Å². The Labute approximate surface area is 79.7 Å². The predicted octanol–water partition coefficient (Wildman–Crippen LogP) is 3.39. The van der Waals surface area contributed by atoms with Crippen molar-refractivity contribution in [3.05, 3.63) is 0 Å². The zero-order valence-corrected chi connectivity index (χ0v) is 9.78. The van der Waals surface area contributed by atoms with Crippen LogP contribution in [0.25, 0.3) is 0 Å². The van der Waals surface area contributed by atoms with E-state index in [-0.39, 0.29) is 18.2 Å². The summed E-state index contributed by atoms with van der Waals surface area (Å²) in [6.07, 6.45) is 7.44. The van der Waals surface area contributed by atoms with Crippen LogP contribution in [-0.4, -0.2) is 18.2 Å². The van der Waals surface area contributed by atoms with Crippen LogP contribution in [0.15, 0.2) is 0 Å². The van der Waals surface area contributed by atoms with Gasteiger partial charge in [-0.1, -0.05) is 44.9 Å². The summed E-state index contributed by atoms with van der Waals surface area (Å²) >= 11 is 3.86. The second kappa shape index (κ2) is 4.99. The fourth-order valence-corrected chi connectivity index (χ4v) is 5.79. The maximum Gasteiger partial charge on any atom is 0.472 e. The molecule has 0 amide bonds. The maximum absolute atomic E-state index is 3.73. The number of halogens is 1. The second-order valence-electron chi connectivity index (χ2n) is 3.39. The van der Waals surface area contributed by atoms with Crippen molar-refractivity contribution >= 4 is 31.1 Å². The summed E-state index contributed by atoms with van der Waals surface area (Å²) in [6.45, 7) is 2.31. The van der Waals surface area contributed by atoms with Gasteiger partial charge in [-0.25, -0.2) is 0 Å². The lowest BCUT2D eigenvalue weighted by Gasteiger charge is -2.15. The van der Waals surface area contributed by atoms with E-state index < -0.39 is 0 Å². The number of rotatable bonds is 3. The molecule has 2 atom stereocenters. The molecule has 2 heteroatoms. The molecule has 0 aliphatic heterocycles. The van der Waals surface area contributed by atoms with Crippen molar-refractivity contribution in [2.45, 2.75) is 43.1 Å². The summed E-state index contributed by atoms with van der Waals surface area (Å²) in [5, 5.41) is 0. The molecule has 1 saturated carbocycles. The van der Waals surface area contributed by atoms with E-state index in [2.05, 4.69) is 19.8 Å². The van der Waals surface area contributed by atoms with Gasteiger partial charge in [0.15, 0.2) is 0 Å². The quantitative estimate of drug-likeness (QED) is 0.633. The predicted molar refractivity (Wildman–Crippen MR) is 50.7 cm³/mol. The summed E-state index contributed by atoms with van der Waals surface area (Å²) in [4.78, 5) is 0. The molecule has 0 nitrogen and oxygen atoms in total. The molecule has 1 aliphatic carbocycles. The zero-order chi connectivity index (χ0) is 7.40. The summed E-state index contributed by atoms with van der Waals surface area (Å²) in [6, 6.07) is 0. The molecule has 0 aromatic rings. The molecule has 56 valence electrons. The van der Waals surface area contributed by atoms with Gasteiger partial charge in [-0.2, -0.15) is 0 Å². The molecule has 1 fully saturated rings. The van der Waals surface area contributed by atoms with Crippen LogP contribution >= 0.6 is 12.9 Å². The average Bonchev–Trinajstić information content (AvgIpc) is 2.36. The van der Waals surface area contributed by atoms with Crippen molar-refractivity contribution < 1.29 is 0 Å². The monoisotopic (exact) mass is 214 g/mol. The van der Waals surface area contributed by atoms with Crippen LogP contribution in [0.4, 0.5) is 0 Å². The van der Waals surface area contributed by atoms with Gasteiger partial charge in [-0.05, 0) is 0 Å². The van der Waals surface area contributed by atoms with Crippen LogP contribution in [0.5, 0.6) is 0 Å². The van der Waals surface area contributed by atoms with E-state index in [1.54, 1.807) is 0 Å². The van der Waals surface area contributed by atoms with E-state index >= 15 is 0 Å². The molecule has 0 aromatic heterocycles. The first-order valence-corrected chi connectivity index (χ1v) is 9.16. The largest absolute Gasteiger partial charge is 0.472 e. The van der Waals surface area contributed by atoms with E-state index in [4.69, 9.17) is 0 Å². The molecule has 0 aromatic carbocycles. The molecular formula is C8H15BrMg. The van der Waals surface area contributed by atoms with E-state index in [0.29, 0.717) is 0 Å². The lowest BCUT2D eigenvalue weighted by molar-refractivity contribution is 0.496. The van der Waals surface area contributed by atoms with Gasteiger partial charge in [0, 0.05) is 0 Å². The molecule has 0 saturated heterocycles. The minimum atomic E-state index is 0.135. The van der Waals surface area contributed by atoms with Gasteiger partial charge in [-0.3, -0.25) is 0 Å². The highest BCUT2D eigenvalue weighted by molar-refractivity contribution is 9.23. The molecule has 2 unspecified atom stereocenters. The Bertz CT molecular complexity index is 95.3. The van der Waals surface area contributed by atoms with Crippen molar-refractivity contribution in [3.8, 4) is 0 Å². The van der Waals surface area contributed by atoms with Crippen LogP contribution in [0.1, 0.15) is 39.0 Å². The highest BCUT2D eigenvalue weighted by Crippen LogP contribution is 2.39. The standard InChI is InChI=1S/C8H15.BrH.Mg/c1-2-5-8-6-3-4-7-8;;/h6,8H,2-5,7H2,1H3;1H;/q;;+1/p-1. The van der Waals surface area contributed by atoms with Crippen molar-refractivity contribution in [3.63, 3.8) is 0 Å². The molecule has 0 bridgehead atoms. The van der Waals surface area contributed by atoms with E-state index in [1.807, 2.05) is 0 Å². The summed E-state index contributed by atoms with van der Waals surface area (Å²) in [7, 11) is 0. The SMILES string of the molecule is CCCC1CCC[CH]1[Mg][Br]. The van der Waals surface area contributed by atoms with E-state index in [9.17, 15) is 0 Å². The minimum Gasteiger partial charge on any atom is -0.306 e. The van der Waals surface area contributed by atoms with Gasteiger partial charge in [0.25, 0.3) is 0 Å². The summed E-state index contributed by atoms with van der Waals surface area (Å²) in [5.74, 6) is 1.11. The zero-order valence-electron chi connectivity index (χ0n) is 6.78. The van der Waals surface area contributed by atoms with Crippen molar-refractivity contribution in [2.75, 3.05) is 0 Å². The van der Waals surface area contributed by atoms with Crippen LogP contribution in [-0.2, 0) is 0 Å². The van der Waals surface area contributed by atoms with Crippen LogP contribution < -0.4 is 0 Å².